The predicted molar refractivity (Wildman–Crippen MR) is 55.4 cm³/mol. The lowest BCUT2D eigenvalue weighted by Gasteiger charge is -2.10. The van der Waals surface area contributed by atoms with Gasteiger partial charge in [0.15, 0.2) is 0 Å². The smallest absolute Gasteiger partial charge is 0.227 e. The third-order valence-corrected chi connectivity index (χ3v) is 2.46. The molecule has 0 saturated carbocycles. The van der Waals surface area contributed by atoms with Gasteiger partial charge < -0.3 is 19.0 Å². The standard InChI is InChI=1S/C11H14O5/c12-5-9-4-10(13)11(7-15-9)16-6-8-2-1-3-14-8/h4,7-8,12H,1-3,5-6H2. The fraction of sp³-hybridized carbons (Fsp3) is 0.545. The molecule has 0 amide bonds. The van der Waals surface area contributed by atoms with E-state index >= 15 is 0 Å². The van der Waals surface area contributed by atoms with Gasteiger partial charge in [0.2, 0.25) is 11.2 Å². The van der Waals surface area contributed by atoms with Gasteiger partial charge in [-0.05, 0) is 12.8 Å². The van der Waals surface area contributed by atoms with Crippen LogP contribution in [0.1, 0.15) is 18.6 Å². The van der Waals surface area contributed by atoms with Gasteiger partial charge in [-0.25, -0.2) is 0 Å². The Hall–Kier alpha value is -1.33. The molecule has 0 spiro atoms. The van der Waals surface area contributed by atoms with Gasteiger partial charge in [-0.2, -0.15) is 0 Å². The van der Waals surface area contributed by atoms with Crippen LogP contribution >= 0.6 is 0 Å². The van der Waals surface area contributed by atoms with Crippen LogP contribution in [0.3, 0.4) is 0 Å². The maximum Gasteiger partial charge on any atom is 0.227 e. The van der Waals surface area contributed by atoms with Crippen molar-refractivity contribution in [2.24, 2.45) is 0 Å². The molecule has 88 valence electrons. The van der Waals surface area contributed by atoms with E-state index in [1.807, 2.05) is 0 Å². The van der Waals surface area contributed by atoms with Gasteiger partial charge in [0.1, 0.15) is 25.2 Å². The minimum absolute atomic E-state index is 0.0666. The van der Waals surface area contributed by atoms with Gasteiger partial charge in [0, 0.05) is 12.7 Å². The van der Waals surface area contributed by atoms with Crippen molar-refractivity contribution in [2.75, 3.05) is 13.2 Å². The Labute approximate surface area is 92.6 Å². The zero-order valence-electron chi connectivity index (χ0n) is 8.85. The average molecular weight is 226 g/mol. The minimum atomic E-state index is -0.290. The molecule has 0 aliphatic carbocycles. The first-order chi connectivity index (χ1) is 7.79. The van der Waals surface area contributed by atoms with Crippen LogP contribution in [0.4, 0.5) is 0 Å². The second-order valence-electron chi connectivity index (χ2n) is 3.68. The molecule has 0 radical (unpaired) electrons. The zero-order valence-corrected chi connectivity index (χ0v) is 8.85. The molecule has 0 bridgehead atoms. The highest BCUT2D eigenvalue weighted by molar-refractivity contribution is 5.17. The van der Waals surface area contributed by atoms with Gasteiger partial charge >= 0.3 is 0 Å². The van der Waals surface area contributed by atoms with Crippen LogP contribution in [-0.2, 0) is 11.3 Å². The highest BCUT2D eigenvalue weighted by Crippen LogP contribution is 2.13. The Morgan fingerprint density at radius 3 is 3.06 bits per heavy atom. The quantitative estimate of drug-likeness (QED) is 0.818. The molecule has 1 aliphatic heterocycles. The molecule has 1 fully saturated rings. The maximum atomic E-state index is 11.5. The van der Waals surface area contributed by atoms with E-state index in [1.54, 1.807) is 0 Å². The van der Waals surface area contributed by atoms with E-state index in [1.165, 1.54) is 12.3 Å². The molecule has 2 heterocycles. The minimum Gasteiger partial charge on any atom is -0.484 e. The number of aliphatic hydroxyl groups excluding tert-OH is 1. The van der Waals surface area contributed by atoms with Crippen LogP contribution in [-0.4, -0.2) is 24.4 Å². The van der Waals surface area contributed by atoms with E-state index in [4.69, 9.17) is 19.0 Å². The summed E-state index contributed by atoms with van der Waals surface area (Å²) >= 11 is 0. The second kappa shape index (κ2) is 5.14. The van der Waals surface area contributed by atoms with Crippen LogP contribution in [0.25, 0.3) is 0 Å². The molecule has 1 aliphatic rings. The fourth-order valence-corrected chi connectivity index (χ4v) is 1.59. The van der Waals surface area contributed by atoms with Crippen LogP contribution < -0.4 is 10.2 Å². The highest BCUT2D eigenvalue weighted by atomic mass is 16.5. The third-order valence-electron chi connectivity index (χ3n) is 2.46. The van der Waals surface area contributed by atoms with Crippen molar-refractivity contribution in [3.8, 4) is 5.75 Å². The van der Waals surface area contributed by atoms with Crippen molar-refractivity contribution in [1.29, 1.82) is 0 Å². The largest absolute Gasteiger partial charge is 0.484 e. The Morgan fingerprint density at radius 1 is 1.56 bits per heavy atom. The SMILES string of the molecule is O=c1cc(CO)occ1OCC1CCCO1. The monoisotopic (exact) mass is 226 g/mol. The van der Waals surface area contributed by atoms with Gasteiger partial charge in [0.25, 0.3) is 0 Å². The average Bonchev–Trinajstić information content (AvgIpc) is 2.80. The molecule has 1 aromatic heterocycles. The van der Waals surface area contributed by atoms with Crippen molar-refractivity contribution in [3.63, 3.8) is 0 Å². The van der Waals surface area contributed by atoms with Gasteiger partial charge in [-0.1, -0.05) is 0 Å². The summed E-state index contributed by atoms with van der Waals surface area (Å²) in [5, 5.41) is 8.76. The van der Waals surface area contributed by atoms with Crippen LogP contribution in [0, 0.1) is 0 Å². The van der Waals surface area contributed by atoms with E-state index in [9.17, 15) is 4.79 Å². The van der Waals surface area contributed by atoms with Gasteiger partial charge in [0.05, 0.1) is 6.10 Å². The molecule has 5 nitrogen and oxygen atoms in total. The summed E-state index contributed by atoms with van der Waals surface area (Å²) in [5.41, 5.74) is -0.284. The lowest BCUT2D eigenvalue weighted by molar-refractivity contribution is 0.0666. The summed E-state index contributed by atoms with van der Waals surface area (Å²) in [4.78, 5) is 11.5. The summed E-state index contributed by atoms with van der Waals surface area (Å²) in [6, 6.07) is 1.23. The topological polar surface area (TPSA) is 68.9 Å². The fourth-order valence-electron chi connectivity index (χ4n) is 1.59. The maximum absolute atomic E-state index is 11.5. The molecule has 1 saturated heterocycles. The third kappa shape index (κ3) is 2.62. The number of ether oxygens (including phenoxy) is 2. The first-order valence-corrected chi connectivity index (χ1v) is 5.26. The van der Waals surface area contributed by atoms with E-state index in [2.05, 4.69) is 0 Å². The molecule has 16 heavy (non-hydrogen) atoms. The summed E-state index contributed by atoms with van der Waals surface area (Å²) in [5.74, 6) is 0.391. The molecule has 0 aromatic carbocycles. The number of hydrogen-bond acceptors (Lipinski definition) is 5. The van der Waals surface area contributed by atoms with Gasteiger partial charge in [-0.15, -0.1) is 0 Å². The second-order valence-corrected chi connectivity index (χ2v) is 3.68. The number of aliphatic hydroxyl groups is 1. The number of hydrogen-bond donors (Lipinski definition) is 1. The van der Waals surface area contributed by atoms with Crippen molar-refractivity contribution in [2.45, 2.75) is 25.6 Å². The normalized spacial score (nSPS) is 19.9. The van der Waals surface area contributed by atoms with E-state index in [0.29, 0.717) is 6.61 Å². The van der Waals surface area contributed by atoms with E-state index in [0.717, 1.165) is 19.4 Å². The summed E-state index contributed by atoms with van der Waals surface area (Å²) in [6.45, 7) is 0.830. The Morgan fingerprint density at radius 2 is 2.44 bits per heavy atom. The number of rotatable bonds is 4. The first-order valence-electron chi connectivity index (χ1n) is 5.26. The summed E-state index contributed by atoms with van der Waals surface area (Å²) in [7, 11) is 0. The van der Waals surface area contributed by atoms with Crippen molar-refractivity contribution >= 4 is 0 Å². The van der Waals surface area contributed by atoms with Gasteiger partial charge in [-0.3, -0.25) is 4.79 Å². The van der Waals surface area contributed by atoms with Crippen LogP contribution in [0.15, 0.2) is 21.5 Å². The molecule has 1 N–H and O–H groups in total. The molecule has 1 unspecified atom stereocenters. The summed E-state index contributed by atoms with van der Waals surface area (Å²) < 4.78 is 15.7. The lowest BCUT2D eigenvalue weighted by Crippen LogP contribution is -2.19. The zero-order chi connectivity index (χ0) is 11.4. The van der Waals surface area contributed by atoms with Crippen LogP contribution in [0.2, 0.25) is 0 Å². The molecule has 1 aromatic rings. The van der Waals surface area contributed by atoms with E-state index < -0.39 is 0 Å². The molecule has 1 atom stereocenters. The van der Waals surface area contributed by atoms with Crippen molar-refractivity contribution in [3.05, 3.63) is 28.3 Å². The molecule has 2 rings (SSSR count). The van der Waals surface area contributed by atoms with Crippen LogP contribution in [0.5, 0.6) is 5.75 Å². The molecular weight excluding hydrogens is 212 g/mol. The molecule has 5 heteroatoms. The van der Waals surface area contributed by atoms with Crippen molar-refractivity contribution < 1.29 is 19.0 Å². The van der Waals surface area contributed by atoms with E-state index in [-0.39, 0.29) is 29.6 Å². The Balaban J connectivity index is 1.96. The Bertz CT molecular complexity index is 392. The first kappa shape index (κ1) is 11.2. The Kier molecular flexibility index (Phi) is 3.58. The van der Waals surface area contributed by atoms with Crippen molar-refractivity contribution in [1.82, 2.24) is 0 Å². The highest BCUT2D eigenvalue weighted by Gasteiger charge is 2.16. The lowest BCUT2D eigenvalue weighted by atomic mass is 10.2. The predicted octanol–water partition coefficient (Wildman–Crippen LogP) is 0.690. The molecular formula is C11H14O5. The summed E-state index contributed by atoms with van der Waals surface area (Å²) in [6.07, 6.45) is 3.28.